The zero-order chi connectivity index (χ0) is 21.1. The van der Waals surface area contributed by atoms with Gasteiger partial charge in [-0.2, -0.15) is 5.10 Å². The average molecular weight is 489 g/mol. The van der Waals surface area contributed by atoms with Crippen LogP contribution in [0.15, 0.2) is 59.5 Å². The molecule has 4 rings (SSSR count). The number of nitrogens with zero attached hydrogens (tertiary/aromatic N) is 6. The van der Waals surface area contributed by atoms with Gasteiger partial charge in [0.25, 0.3) is 5.91 Å². The summed E-state index contributed by atoms with van der Waals surface area (Å²) in [5.74, 6) is 0.665. The molecule has 0 fully saturated rings. The topological polar surface area (TPSA) is 99.8 Å². The van der Waals surface area contributed by atoms with E-state index in [1.165, 1.54) is 4.68 Å². The van der Waals surface area contributed by atoms with Crippen LogP contribution in [0.1, 0.15) is 16.2 Å². The van der Waals surface area contributed by atoms with Crippen molar-refractivity contribution < 1.29 is 9.53 Å². The number of nitrogens with one attached hydrogen (secondary N) is 1. The Morgan fingerprint density at radius 1 is 1.27 bits per heavy atom. The fraction of sp³-hybridized carbons (Fsp3) is 0.105. The zero-order valence-corrected chi connectivity index (χ0v) is 18.0. The van der Waals surface area contributed by atoms with Gasteiger partial charge in [-0.1, -0.05) is 28.9 Å². The molecule has 11 heteroatoms. The number of hydrogen-bond donors (Lipinski definition) is 1. The van der Waals surface area contributed by atoms with E-state index >= 15 is 0 Å². The Morgan fingerprint density at radius 3 is 2.90 bits per heavy atom. The molecule has 1 N–H and O–H groups in total. The highest BCUT2D eigenvalue weighted by Gasteiger charge is 2.19. The number of halogens is 2. The number of ether oxygens (including phenoxy) is 1. The first-order chi connectivity index (χ1) is 14.6. The van der Waals surface area contributed by atoms with Gasteiger partial charge in [0, 0.05) is 12.3 Å². The fourth-order valence-electron chi connectivity index (χ4n) is 2.79. The van der Waals surface area contributed by atoms with Crippen molar-refractivity contribution in [1.29, 1.82) is 0 Å². The Hall–Kier alpha value is -3.24. The van der Waals surface area contributed by atoms with Crippen molar-refractivity contribution in [3.05, 3.63) is 75.9 Å². The number of hydrogen-bond acceptors (Lipinski definition) is 6. The summed E-state index contributed by atoms with van der Waals surface area (Å²) in [6.07, 6.45) is 3.30. The summed E-state index contributed by atoms with van der Waals surface area (Å²) in [7, 11) is 1.59. The van der Waals surface area contributed by atoms with E-state index in [-0.39, 0.29) is 18.1 Å². The van der Waals surface area contributed by atoms with Crippen molar-refractivity contribution in [3.63, 3.8) is 0 Å². The number of benzene rings is 1. The Labute approximate surface area is 184 Å². The minimum Gasteiger partial charge on any atom is -0.494 e. The van der Waals surface area contributed by atoms with Crippen LogP contribution in [0.3, 0.4) is 0 Å². The van der Waals surface area contributed by atoms with Gasteiger partial charge in [-0.25, -0.2) is 14.3 Å². The number of aromatic nitrogens is 6. The summed E-state index contributed by atoms with van der Waals surface area (Å²) in [6, 6.07) is 12.4. The summed E-state index contributed by atoms with van der Waals surface area (Å²) in [6.45, 7) is 0.173. The Kier molecular flexibility index (Phi) is 5.77. The van der Waals surface area contributed by atoms with E-state index in [0.717, 1.165) is 5.69 Å². The van der Waals surface area contributed by atoms with E-state index in [0.29, 0.717) is 26.9 Å². The Bertz CT molecular complexity index is 1210. The first-order valence-corrected chi connectivity index (χ1v) is 9.93. The number of pyridine rings is 1. The molecular formula is C19H15BrClN7O2. The van der Waals surface area contributed by atoms with Crippen molar-refractivity contribution >= 4 is 33.4 Å². The largest absolute Gasteiger partial charge is 0.494 e. The molecule has 0 aliphatic rings. The second kappa shape index (κ2) is 8.64. The van der Waals surface area contributed by atoms with Crippen LogP contribution in [0.4, 0.5) is 0 Å². The summed E-state index contributed by atoms with van der Waals surface area (Å²) in [4.78, 5) is 17.0. The minimum atomic E-state index is -0.359. The predicted octanol–water partition coefficient (Wildman–Crippen LogP) is 3.20. The maximum atomic E-state index is 12.8. The van der Waals surface area contributed by atoms with E-state index in [2.05, 4.69) is 41.6 Å². The van der Waals surface area contributed by atoms with E-state index in [1.54, 1.807) is 42.4 Å². The summed E-state index contributed by atoms with van der Waals surface area (Å²) in [5.41, 5.74) is 1.60. The number of rotatable bonds is 6. The Balaban J connectivity index is 1.52. The van der Waals surface area contributed by atoms with Gasteiger partial charge in [0.1, 0.15) is 27.4 Å². The van der Waals surface area contributed by atoms with Crippen molar-refractivity contribution in [1.82, 2.24) is 35.1 Å². The van der Waals surface area contributed by atoms with Crippen molar-refractivity contribution in [2.75, 3.05) is 7.11 Å². The highest BCUT2D eigenvalue weighted by atomic mass is 79.9. The monoisotopic (exact) mass is 487 g/mol. The van der Waals surface area contributed by atoms with Gasteiger partial charge >= 0.3 is 0 Å². The highest BCUT2D eigenvalue weighted by Crippen LogP contribution is 2.22. The molecule has 4 aromatic rings. The van der Waals surface area contributed by atoms with Crippen molar-refractivity contribution in [2.24, 2.45) is 0 Å². The lowest BCUT2D eigenvalue weighted by Crippen LogP contribution is -2.26. The van der Waals surface area contributed by atoms with Gasteiger partial charge in [-0.15, -0.1) is 5.10 Å². The second-order valence-electron chi connectivity index (χ2n) is 6.08. The number of carbonyl (C=O) groups excluding carboxylic acids is 1. The lowest BCUT2D eigenvalue weighted by atomic mass is 10.3. The molecule has 0 bridgehead atoms. The van der Waals surface area contributed by atoms with E-state index in [9.17, 15) is 4.79 Å². The van der Waals surface area contributed by atoms with Crippen LogP contribution in [0, 0.1) is 0 Å². The van der Waals surface area contributed by atoms with Crippen LogP contribution in [-0.2, 0) is 6.54 Å². The standard InChI is InChI=1S/C19H15BrClN7O2/c1-30-16-7-3-2-6-14(16)27-11-12(24-26-27)10-23-19(29)15-9-17(20)25-28(15)18-13(21)5-4-8-22-18/h2-9,11H,10H2,1H3,(H,23,29). The maximum Gasteiger partial charge on any atom is 0.270 e. The van der Waals surface area contributed by atoms with Crippen LogP contribution in [0.25, 0.3) is 11.5 Å². The van der Waals surface area contributed by atoms with E-state index < -0.39 is 0 Å². The van der Waals surface area contributed by atoms with Crippen LogP contribution in [0.2, 0.25) is 5.02 Å². The molecule has 3 heterocycles. The van der Waals surface area contributed by atoms with Crippen molar-refractivity contribution in [2.45, 2.75) is 6.54 Å². The summed E-state index contributed by atoms with van der Waals surface area (Å²) < 4.78 is 8.80. The Morgan fingerprint density at radius 2 is 2.10 bits per heavy atom. The molecule has 0 aliphatic heterocycles. The van der Waals surface area contributed by atoms with Gasteiger partial charge in [-0.05, 0) is 40.2 Å². The fourth-order valence-corrected chi connectivity index (χ4v) is 3.36. The van der Waals surface area contributed by atoms with Gasteiger partial charge in [0.15, 0.2) is 5.82 Å². The molecule has 152 valence electrons. The third-order valence-electron chi connectivity index (χ3n) is 4.15. The molecule has 0 atom stereocenters. The number of para-hydroxylation sites is 2. The molecular weight excluding hydrogens is 474 g/mol. The van der Waals surface area contributed by atoms with Crippen LogP contribution >= 0.6 is 27.5 Å². The molecule has 0 unspecified atom stereocenters. The van der Waals surface area contributed by atoms with Gasteiger partial charge < -0.3 is 10.1 Å². The molecule has 0 saturated carbocycles. The summed E-state index contributed by atoms with van der Waals surface area (Å²) >= 11 is 9.49. The lowest BCUT2D eigenvalue weighted by Gasteiger charge is -2.08. The van der Waals surface area contributed by atoms with Crippen molar-refractivity contribution in [3.8, 4) is 17.3 Å². The smallest absolute Gasteiger partial charge is 0.270 e. The molecule has 0 saturated heterocycles. The maximum absolute atomic E-state index is 12.8. The first-order valence-electron chi connectivity index (χ1n) is 8.76. The van der Waals surface area contributed by atoms with Gasteiger partial charge in [0.2, 0.25) is 0 Å². The number of carbonyl (C=O) groups is 1. The van der Waals surface area contributed by atoms with Crippen LogP contribution < -0.4 is 10.1 Å². The molecule has 1 amide bonds. The minimum absolute atomic E-state index is 0.173. The lowest BCUT2D eigenvalue weighted by molar-refractivity contribution is 0.0942. The van der Waals surface area contributed by atoms with E-state index in [4.69, 9.17) is 16.3 Å². The average Bonchev–Trinajstić information content (AvgIpc) is 3.39. The third-order valence-corrected chi connectivity index (χ3v) is 4.84. The number of methoxy groups -OCH3 is 1. The normalized spacial score (nSPS) is 10.8. The quantitative estimate of drug-likeness (QED) is 0.447. The molecule has 0 radical (unpaired) electrons. The zero-order valence-electron chi connectivity index (χ0n) is 15.7. The van der Waals surface area contributed by atoms with Crippen LogP contribution in [0.5, 0.6) is 5.75 Å². The molecule has 0 aliphatic carbocycles. The highest BCUT2D eigenvalue weighted by molar-refractivity contribution is 9.10. The number of amides is 1. The molecule has 30 heavy (non-hydrogen) atoms. The SMILES string of the molecule is COc1ccccc1-n1cc(CNC(=O)c2cc(Br)nn2-c2ncccc2Cl)nn1. The molecule has 1 aromatic carbocycles. The van der Waals surface area contributed by atoms with Gasteiger partial charge in [-0.3, -0.25) is 4.79 Å². The third kappa shape index (κ3) is 4.05. The predicted molar refractivity (Wildman–Crippen MR) is 113 cm³/mol. The molecule has 9 nitrogen and oxygen atoms in total. The summed E-state index contributed by atoms with van der Waals surface area (Å²) in [5, 5.41) is 15.7. The molecule has 0 spiro atoms. The molecule has 3 aromatic heterocycles. The second-order valence-corrected chi connectivity index (χ2v) is 7.30. The van der Waals surface area contributed by atoms with Crippen LogP contribution in [-0.4, -0.2) is 42.8 Å². The van der Waals surface area contributed by atoms with E-state index in [1.807, 2.05) is 24.3 Å². The van der Waals surface area contributed by atoms with Gasteiger partial charge in [0.05, 0.1) is 24.9 Å². The first kappa shape index (κ1) is 20.0.